The van der Waals surface area contributed by atoms with E-state index in [0.717, 1.165) is 22.1 Å². The molecule has 0 unspecified atom stereocenters. The Morgan fingerprint density at radius 2 is 1.43 bits per heavy atom. The van der Waals surface area contributed by atoms with Crippen LogP contribution in [0.3, 0.4) is 0 Å². The zero-order valence-corrected chi connectivity index (χ0v) is 19.4. The van der Waals surface area contributed by atoms with Crippen molar-refractivity contribution in [2.75, 3.05) is 43.0 Å². The van der Waals surface area contributed by atoms with Crippen molar-refractivity contribution in [3.8, 4) is 5.75 Å². The number of hydrogen-bond acceptors (Lipinski definition) is 4. The Bertz CT molecular complexity index is 1330. The quantitative estimate of drug-likeness (QED) is 0.444. The summed E-state index contributed by atoms with van der Waals surface area (Å²) in [5.41, 5.74) is 2.39. The first-order chi connectivity index (χ1) is 17.2. The van der Waals surface area contributed by atoms with E-state index >= 15 is 0 Å². The minimum Gasteiger partial charge on any atom is -0.483 e. The molecule has 1 aliphatic heterocycles. The summed E-state index contributed by atoms with van der Waals surface area (Å²) in [6.45, 7) is 2.55. The van der Waals surface area contributed by atoms with Crippen molar-refractivity contribution in [3.05, 3.63) is 103 Å². The number of fused-ring (bicyclic) bond motifs is 1. The van der Waals surface area contributed by atoms with Crippen LogP contribution in [0.2, 0.25) is 0 Å². The molecule has 6 nitrogen and oxygen atoms in total. The Labute approximate surface area is 204 Å². The van der Waals surface area contributed by atoms with Crippen molar-refractivity contribution in [3.63, 3.8) is 0 Å². The van der Waals surface area contributed by atoms with Gasteiger partial charge in [-0.15, -0.1) is 0 Å². The van der Waals surface area contributed by atoms with Crippen LogP contribution in [0.5, 0.6) is 5.75 Å². The molecule has 1 fully saturated rings. The van der Waals surface area contributed by atoms with Crippen molar-refractivity contribution >= 4 is 34.0 Å². The first-order valence-corrected chi connectivity index (χ1v) is 11.8. The molecule has 1 N–H and O–H groups in total. The number of carbonyl (C=O) groups is 2. The topological polar surface area (TPSA) is 61.9 Å². The van der Waals surface area contributed by atoms with Crippen LogP contribution >= 0.6 is 0 Å². The van der Waals surface area contributed by atoms with Crippen LogP contribution in [0.25, 0.3) is 10.8 Å². The minimum atomic E-state index is -0.219. The van der Waals surface area contributed by atoms with E-state index < -0.39 is 0 Å². The molecule has 35 heavy (non-hydrogen) atoms. The SMILES string of the molecule is O=C(COc1cccc2ccccc12)Nc1ccccc1N1CCN(C(=O)c2ccccc2)CC1. The maximum absolute atomic E-state index is 12.8. The minimum absolute atomic E-state index is 0.0532. The van der Waals surface area contributed by atoms with E-state index in [2.05, 4.69) is 10.2 Å². The van der Waals surface area contributed by atoms with E-state index in [1.165, 1.54) is 0 Å². The van der Waals surface area contributed by atoms with Crippen LogP contribution < -0.4 is 15.0 Å². The van der Waals surface area contributed by atoms with E-state index in [4.69, 9.17) is 4.74 Å². The van der Waals surface area contributed by atoms with Gasteiger partial charge < -0.3 is 19.9 Å². The molecular weight excluding hydrogens is 438 g/mol. The summed E-state index contributed by atoms with van der Waals surface area (Å²) in [6.07, 6.45) is 0. The van der Waals surface area contributed by atoms with Gasteiger partial charge in [0.05, 0.1) is 11.4 Å². The zero-order valence-electron chi connectivity index (χ0n) is 19.4. The maximum atomic E-state index is 12.8. The van der Waals surface area contributed by atoms with Crippen LogP contribution in [0, 0.1) is 0 Å². The number of ether oxygens (including phenoxy) is 1. The van der Waals surface area contributed by atoms with Gasteiger partial charge in [-0.25, -0.2) is 0 Å². The van der Waals surface area contributed by atoms with Gasteiger partial charge in [-0.2, -0.15) is 0 Å². The predicted molar refractivity (Wildman–Crippen MR) is 139 cm³/mol. The van der Waals surface area contributed by atoms with Gasteiger partial charge in [0.1, 0.15) is 5.75 Å². The number of nitrogens with one attached hydrogen (secondary N) is 1. The Hall–Kier alpha value is -4.32. The van der Waals surface area contributed by atoms with Crippen LogP contribution in [0.4, 0.5) is 11.4 Å². The lowest BCUT2D eigenvalue weighted by molar-refractivity contribution is -0.118. The van der Waals surface area contributed by atoms with E-state index in [1.54, 1.807) is 0 Å². The molecule has 0 aromatic heterocycles. The van der Waals surface area contributed by atoms with E-state index in [9.17, 15) is 9.59 Å². The molecule has 0 saturated carbocycles. The van der Waals surface area contributed by atoms with Crippen molar-refractivity contribution in [1.82, 2.24) is 4.90 Å². The van der Waals surface area contributed by atoms with Gasteiger partial charge in [0.2, 0.25) is 0 Å². The summed E-state index contributed by atoms with van der Waals surface area (Å²) in [5.74, 6) is 0.520. The number of hydrogen-bond donors (Lipinski definition) is 1. The van der Waals surface area contributed by atoms with E-state index in [-0.39, 0.29) is 18.4 Å². The van der Waals surface area contributed by atoms with Gasteiger partial charge in [0.15, 0.2) is 6.61 Å². The third-order valence-corrected chi connectivity index (χ3v) is 6.21. The molecule has 1 aliphatic rings. The van der Waals surface area contributed by atoms with Gasteiger partial charge in [-0.05, 0) is 35.7 Å². The average Bonchev–Trinajstić information content (AvgIpc) is 2.92. The van der Waals surface area contributed by atoms with E-state index in [1.807, 2.05) is 102 Å². The number of carbonyl (C=O) groups excluding carboxylic acids is 2. The van der Waals surface area contributed by atoms with Gasteiger partial charge in [0.25, 0.3) is 11.8 Å². The lowest BCUT2D eigenvalue weighted by Crippen LogP contribution is -2.49. The number of rotatable bonds is 6. The second-order valence-corrected chi connectivity index (χ2v) is 8.48. The molecule has 0 spiro atoms. The van der Waals surface area contributed by atoms with Gasteiger partial charge in [-0.3, -0.25) is 9.59 Å². The standard InChI is InChI=1S/C29H27N3O3/c33-28(21-35-27-16-8-12-22-9-4-5-13-24(22)27)30-25-14-6-7-15-26(25)31-17-19-32(20-18-31)29(34)23-10-2-1-3-11-23/h1-16H,17-21H2,(H,30,33). The highest BCUT2D eigenvalue weighted by atomic mass is 16.5. The summed E-state index contributed by atoms with van der Waals surface area (Å²) in [5, 5.41) is 5.05. The number of nitrogens with zero attached hydrogens (tertiary/aromatic N) is 2. The second kappa shape index (κ2) is 10.3. The predicted octanol–water partition coefficient (Wildman–Crippen LogP) is 4.82. The molecule has 176 valence electrons. The Morgan fingerprint density at radius 3 is 2.26 bits per heavy atom. The largest absolute Gasteiger partial charge is 0.483 e. The highest BCUT2D eigenvalue weighted by Gasteiger charge is 2.23. The molecule has 0 radical (unpaired) electrons. The molecule has 0 atom stereocenters. The normalized spacial score (nSPS) is 13.5. The summed E-state index contributed by atoms with van der Waals surface area (Å²) in [6, 6.07) is 30.9. The molecule has 0 aliphatic carbocycles. The first kappa shape index (κ1) is 22.5. The van der Waals surface area contributed by atoms with Gasteiger partial charge >= 0.3 is 0 Å². The summed E-state index contributed by atoms with van der Waals surface area (Å²) in [7, 11) is 0. The summed E-state index contributed by atoms with van der Waals surface area (Å²) in [4.78, 5) is 29.6. The summed E-state index contributed by atoms with van der Waals surface area (Å²) < 4.78 is 5.85. The smallest absolute Gasteiger partial charge is 0.262 e. The molecule has 0 bridgehead atoms. The molecule has 4 aromatic rings. The lowest BCUT2D eigenvalue weighted by Gasteiger charge is -2.37. The second-order valence-electron chi connectivity index (χ2n) is 8.48. The Morgan fingerprint density at radius 1 is 0.743 bits per heavy atom. The molecular formula is C29H27N3O3. The van der Waals surface area contributed by atoms with Crippen LogP contribution in [-0.2, 0) is 4.79 Å². The molecule has 2 amide bonds. The third kappa shape index (κ3) is 5.11. The van der Waals surface area contributed by atoms with Crippen LogP contribution in [0.1, 0.15) is 10.4 Å². The van der Waals surface area contributed by atoms with Crippen LogP contribution in [0.15, 0.2) is 97.1 Å². The summed E-state index contributed by atoms with van der Waals surface area (Å²) >= 11 is 0. The van der Waals surface area contributed by atoms with Crippen molar-refractivity contribution in [2.45, 2.75) is 0 Å². The highest BCUT2D eigenvalue weighted by Crippen LogP contribution is 2.28. The number of piperazine rings is 1. The van der Waals surface area contributed by atoms with Crippen LogP contribution in [-0.4, -0.2) is 49.5 Å². The molecule has 4 aromatic carbocycles. The fourth-order valence-corrected chi connectivity index (χ4v) is 4.42. The lowest BCUT2D eigenvalue weighted by atomic mass is 10.1. The Balaban J connectivity index is 1.21. The zero-order chi connectivity index (χ0) is 24.0. The molecule has 1 heterocycles. The van der Waals surface area contributed by atoms with Crippen molar-refractivity contribution < 1.29 is 14.3 Å². The van der Waals surface area contributed by atoms with Gasteiger partial charge in [-0.1, -0.05) is 66.7 Å². The molecule has 5 rings (SSSR count). The van der Waals surface area contributed by atoms with Crippen molar-refractivity contribution in [2.24, 2.45) is 0 Å². The maximum Gasteiger partial charge on any atom is 0.262 e. The number of para-hydroxylation sites is 2. The molecule has 6 heteroatoms. The number of anilines is 2. The molecule has 1 saturated heterocycles. The number of benzene rings is 4. The average molecular weight is 466 g/mol. The third-order valence-electron chi connectivity index (χ3n) is 6.21. The van der Waals surface area contributed by atoms with Crippen molar-refractivity contribution in [1.29, 1.82) is 0 Å². The Kier molecular flexibility index (Phi) is 6.61. The highest BCUT2D eigenvalue weighted by molar-refractivity contribution is 5.96. The van der Waals surface area contributed by atoms with E-state index in [0.29, 0.717) is 37.5 Å². The monoisotopic (exact) mass is 465 g/mol. The fourth-order valence-electron chi connectivity index (χ4n) is 4.42. The van der Waals surface area contributed by atoms with Gasteiger partial charge in [0, 0.05) is 37.1 Å². The first-order valence-electron chi connectivity index (χ1n) is 11.8. The number of amides is 2. The fraction of sp³-hybridized carbons (Fsp3) is 0.172.